The number of fused-ring (bicyclic) bond motifs is 2. The van der Waals surface area contributed by atoms with E-state index in [0.29, 0.717) is 22.5 Å². The van der Waals surface area contributed by atoms with Crippen LogP contribution in [0.5, 0.6) is 0 Å². The van der Waals surface area contributed by atoms with Gasteiger partial charge in [0.15, 0.2) is 5.69 Å². The van der Waals surface area contributed by atoms with Crippen LogP contribution in [0.4, 0.5) is 0 Å². The van der Waals surface area contributed by atoms with E-state index < -0.39 is 18.0 Å². The lowest BCUT2D eigenvalue weighted by Crippen LogP contribution is -2.61. The van der Waals surface area contributed by atoms with E-state index in [0.717, 1.165) is 0 Å². The van der Waals surface area contributed by atoms with Crippen LogP contribution in [0.2, 0.25) is 0 Å². The predicted molar refractivity (Wildman–Crippen MR) is 82.8 cm³/mol. The highest BCUT2D eigenvalue weighted by atomic mass is 32.1. The van der Waals surface area contributed by atoms with Gasteiger partial charge in [-0.05, 0) is 13.3 Å². The van der Waals surface area contributed by atoms with Gasteiger partial charge in [0.1, 0.15) is 22.9 Å². The van der Waals surface area contributed by atoms with Crippen molar-refractivity contribution in [2.45, 2.75) is 25.5 Å². The molecule has 0 aromatic carbocycles. The molecule has 4 heterocycles. The molecule has 122 valence electrons. The van der Waals surface area contributed by atoms with Gasteiger partial charge in [0.2, 0.25) is 5.91 Å². The summed E-state index contributed by atoms with van der Waals surface area (Å²) < 4.78 is 1.68. The molecule has 2 aromatic rings. The summed E-state index contributed by atoms with van der Waals surface area (Å²) in [6.07, 6.45) is 1.01. The molecule has 9 heteroatoms. The number of carboxylic acids is 1. The van der Waals surface area contributed by atoms with Crippen molar-refractivity contribution in [1.29, 1.82) is 5.26 Å². The number of imidazole rings is 1. The van der Waals surface area contributed by atoms with Gasteiger partial charge in [0, 0.05) is 11.0 Å². The fourth-order valence-electron chi connectivity index (χ4n) is 3.58. The topological polar surface area (TPSA) is 119 Å². The number of aliphatic carboxylic acids is 1. The zero-order valence-corrected chi connectivity index (χ0v) is 13.3. The van der Waals surface area contributed by atoms with Crippen molar-refractivity contribution in [1.82, 2.24) is 14.3 Å². The first-order valence-corrected chi connectivity index (χ1v) is 8.16. The summed E-state index contributed by atoms with van der Waals surface area (Å²) in [4.78, 5) is 29.9. The van der Waals surface area contributed by atoms with Crippen molar-refractivity contribution in [3.05, 3.63) is 28.8 Å². The smallest absolute Gasteiger partial charge is 0.352 e. The van der Waals surface area contributed by atoms with E-state index >= 15 is 0 Å². The SMILES string of the molecule is C[C@@H](O)[C@H]1C(=O)N2C(C(=O)O)=C(c3csc4c(C#N)ncn34)C[C@H]12. The fourth-order valence-corrected chi connectivity index (χ4v) is 4.53. The molecule has 0 bridgehead atoms. The number of aliphatic hydroxyl groups is 1. The summed E-state index contributed by atoms with van der Waals surface area (Å²) in [5.74, 6) is -2.12. The number of hydrogen-bond acceptors (Lipinski definition) is 6. The third-order valence-corrected chi connectivity index (χ3v) is 5.57. The van der Waals surface area contributed by atoms with Gasteiger partial charge in [-0.3, -0.25) is 9.20 Å². The van der Waals surface area contributed by atoms with Crippen LogP contribution < -0.4 is 0 Å². The number of amides is 1. The van der Waals surface area contributed by atoms with E-state index in [1.165, 1.54) is 29.5 Å². The van der Waals surface area contributed by atoms with E-state index in [1.54, 1.807) is 9.78 Å². The van der Waals surface area contributed by atoms with Crippen LogP contribution in [-0.4, -0.2) is 48.5 Å². The van der Waals surface area contributed by atoms with Crippen LogP contribution in [0.3, 0.4) is 0 Å². The Morgan fingerprint density at radius 3 is 2.96 bits per heavy atom. The molecule has 2 N–H and O–H groups in total. The monoisotopic (exact) mass is 344 g/mol. The van der Waals surface area contributed by atoms with Crippen molar-refractivity contribution in [2.75, 3.05) is 0 Å². The molecule has 0 unspecified atom stereocenters. The van der Waals surface area contributed by atoms with Crippen LogP contribution in [-0.2, 0) is 9.59 Å². The largest absolute Gasteiger partial charge is 0.477 e. The number of aliphatic hydroxyl groups excluding tert-OH is 1. The highest BCUT2D eigenvalue weighted by Crippen LogP contribution is 2.47. The number of aromatic nitrogens is 2. The maximum absolute atomic E-state index is 12.2. The Bertz CT molecular complexity index is 964. The lowest BCUT2D eigenvalue weighted by Gasteiger charge is -2.44. The maximum atomic E-state index is 12.2. The first-order chi connectivity index (χ1) is 11.5. The summed E-state index contributed by atoms with van der Waals surface area (Å²) in [5, 5.41) is 30.2. The van der Waals surface area contributed by atoms with Crippen LogP contribution in [0.25, 0.3) is 10.4 Å². The Labute approximate surface area is 139 Å². The molecule has 0 saturated carbocycles. The second kappa shape index (κ2) is 4.90. The van der Waals surface area contributed by atoms with Crippen molar-refractivity contribution < 1.29 is 19.8 Å². The molecule has 1 fully saturated rings. The second-order valence-corrected chi connectivity index (χ2v) is 6.74. The van der Waals surface area contributed by atoms with Gasteiger partial charge in [-0.15, -0.1) is 11.3 Å². The number of thiazole rings is 1. The zero-order valence-electron chi connectivity index (χ0n) is 12.5. The molecule has 1 saturated heterocycles. The number of carbonyl (C=O) groups is 2. The molecule has 4 rings (SSSR count). The predicted octanol–water partition coefficient (Wildman–Crippen LogP) is 0.675. The number of nitriles is 1. The minimum absolute atomic E-state index is 0.0474. The van der Waals surface area contributed by atoms with Gasteiger partial charge in [0.05, 0.1) is 23.8 Å². The molecule has 0 radical (unpaired) electrons. The molecule has 3 atom stereocenters. The van der Waals surface area contributed by atoms with E-state index in [4.69, 9.17) is 5.26 Å². The standard InChI is InChI=1S/C15H12N4O4S/c1-6(20)11-9-2-7(12(15(22)23)19(9)13(11)21)10-4-24-14-8(3-16)17-5-18(10)14/h4-6,9,11,20H,2H2,1H3,(H,22,23)/t6-,9-,11-/m1/s1. The number of β-lactam (4-membered cyclic amide) rings is 1. The molecule has 0 aliphatic carbocycles. The Hall–Kier alpha value is -2.70. The summed E-state index contributed by atoms with van der Waals surface area (Å²) >= 11 is 1.30. The molecule has 2 aliphatic rings. The van der Waals surface area contributed by atoms with E-state index in [1.807, 2.05) is 6.07 Å². The molecule has 24 heavy (non-hydrogen) atoms. The van der Waals surface area contributed by atoms with E-state index in [2.05, 4.69) is 4.98 Å². The van der Waals surface area contributed by atoms with Crippen molar-refractivity contribution in [3.8, 4) is 6.07 Å². The first-order valence-electron chi connectivity index (χ1n) is 7.28. The summed E-state index contributed by atoms with van der Waals surface area (Å²) in [6, 6.07) is 1.66. The molecule has 1 amide bonds. The number of nitrogens with zero attached hydrogens (tertiary/aromatic N) is 4. The first kappa shape index (κ1) is 14.9. The van der Waals surface area contributed by atoms with Gasteiger partial charge in [-0.25, -0.2) is 9.78 Å². The van der Waals surface area contributed by atoms with Gasteiger partial charge < -0.3 is 15.1 Å². The number of hydrogen-bond donors (Lipinski definition) is 2. The Morgan fingerprint density at radius 1 is 1.58 bits per heavy atom. The number of carboxylic acid groups (broad SMARTS) is 1. The van der Waals surface area contributed by atoms with Gasteiger partial charge in [-0.2, -0.15) is 5.26 Å². The normalized spacial score (nSPS) is 24.0. The summed E-state index contributed by atoms with van der Waals surface area (Å²) in [5.41, 5.74) is 1.38. The van der Waals surface area contributed by atoms with Gasteiger partial charge in [-0.1, -0.05) is 0 Å². The van der Waals surface area contributed by atoms with E-state index in [9.17, 15) is 19.8 Å². The molecule has 0 spiro atoms. The second-order valence-electron chi connectivity index (χ2n) is 5.88. The molecular weight excluding hydrogens is 332 g/mol. The van der Waals surface area contributed by atoms with Crippen molar-refractivity contribution in [3.63, 3.8) is 0 Å². The summed E-state index contributed by atoms with van der Waals surface area (Å²) in [6.45, 7) is 1.54. The zero-order chi connectivity index (χ0) is 17.2. The van der Waals surface area contributed by atoms with Crippen LogP contribution in [0, 0.1) is 17.2 Å². The molecule has 2 aliphatic heterocycles. The third-order valence-electron chi connectivity index (χ3n) is 4.61. The lowest BCUT2D eigenvalue weighted by atomic mass is 9.83. The van der Waals surface area contributed by atoms with Gasteiger partial charge >= 0.3 is 5.97 Å². The fraction of sp³-hybridized carbons (Fsp3) is 0.333. The van der Waals surface area contributed by atoms with Crippen LogP contribution in [0.15, 0.2) is 17.4 Å². The average molecular weight is 344 g/mol. The van der Waals surface area contributed by atoms with Gasteiger partial charge in [0.25, 0.3) is 0 Å². The summed E-state index contributed by atoms with van der Waals surface area (Å²) in [7, 11) is 0. The van der Waals surface area contributed by atoms with Crippen LogP contribution in [0.1, 0.15) is 24.7 Å². The average Bonchev–Trinajstić information content (AvgIpc) is 3.17. The minimum Gasteiger partial charge on any atom is -0.477 e. The Balaban J connectivity index is 1.85. The number of rotatable bonds is 3. The van der Waals surface area contributed by atoms with Crippen molar-refractivity contribution in [2.24, 2.45) is 5.92 Å². The van der Waals surface area contributed by atoms with Crippen molar-refractivity contribution >= 4 is 33.6 Å². The Kier molecular flexibility index (Phi) is 3.03. The molecule has 8 nitrogen and oxygen atoms in total. The highest BCUT2D eigenvalue weighted by molar-refractivity contribution is 7.16. The minimum atomic E-state index is -1.18. The van der Waals surface area contributed by atoms with E-state index in [-0.39, 0.29) is 23.3 Å². The quantitative estimate of drug-likeness (QED) is 0.790. The number of carbonyl (C=O) groups excluding carboxylic acids is 1. The lowest BCUT2D eigenvalue weighted by molar-refractivity contribution is -0.161. The molecule has 2 aromatic heterocycles. The van der Waals surface area contributed by atoms with Crippen LogP contribution >= 0.6 is 11.3 Å². The third kappa shape index (κ3) is 1.72. The molecular formula is C15H12N4O4S. The Morgan fingerprint density at radius 2 is 2.33 bits per heavy atom. The highest BCUT2D eigenvalue weighted by Gasteiger charge is 2.57. The maximum Gasteiger partial charge on any atom is 0.352 e.